The molecule has 0 aliphatic carbocycles. The Labute approximate surface area is 158 Å². The zero-order valence-corrected chi connectivity index (χ0v) is 16.0. The van der Waals surface area contributed by atoms with Crippen molar-refractivity contribution in [2.45, 2.75) is 39.9 Å². The van der Waals surface area contributed by atoms with Crippen LogP contribution >= 0.6 is 11.6 Å². The summed E-state index contributed by atoms with van der Waals surface area (Å²) in [6, 6.07) is 12.5. The van der Waals surface area contributed by atoms with E-state index in [4.69, 9.17) is 21.1 Å². The summed E-state index contributed by atoms with van der Waals surface area (Å²) in [5.41, 5.74) is 2.53. The molecule has 0 bridgehead atoms. The first-order valence-electron chi connectivity index (χ1n) is 8.27. The van der Waals surface area contributed by atoms with Gasteiger partial charge in [-0.25, -0.2) is 4.79 Å². The van der Waals surface area contributed by atoms with Crippen molar-refractivity contribution in [2.75, 3.05) is 5.32 Å². The quantitative estimate of drug-likeness (QED) is 0.765. The fourth-order valence-corrected chi connectivity index (χ4v) is 2.33. The summed E-state index contributed by atoms with van der Waals surface area (Å²) in [6.07, 6.45) is -1.80. The molecule has 6 heteroatoms. The van der Waals surface area contributed by atoms with Crippen molar-refractivity contribution in [3.05, 3.63) is 58.6 Å². The Morgan fingerprint density at radius 3 is 2.31 bits per heavy atom. The lowest BCUT2D eigenvalue weighted by molar-refractivity contribution is -0.159. The number of amides is 1. The minimum Gasteiger partial charge on any atom is -0.479 e. The smallest absolute Gasteiger partial charge is 0.347 e. The molecule has 0 aliphatic heterocycles. The maximum absolute atomic E-state index is 12.3. The van der Waals surface area contributed by atoms with E-state index in [1.54, 1.807) is 37.3 Å². The lowest BCUT2D eigenvalue weighted by atomic mass is 10.2. The van der Waals surface area contributed by atoms with Crippen LogP contribution in [0.3, 0.4) is 0 Å². The highest BCUT2D eigenvalue weighted by atomic mass is 35.5. The van der Waals surface area contributed by atoms with Crippen molar-refractivity contribution in [3.8, 4) is 5.75 Å². The summed E-state index contributed by atoms with van der Waals surface area (Å²) in [5, 5.41) is 3.22. The third kappa shape index (κ3) is 5.49. The molecule has 2 unspecified atom stereocenters. The number of carbonyl (C=O) groups is 2. The molecule has 2 aromatic rings. The number of esters is 1. The highest BCUT2D eigenvalue weighted by molar-refractivity contribution is 6.31. The van der Waals surface area contributed by atoms with Crippen LogP contribution in [-0.2, 0) is 14.3 Å². The van der Waals surface area contributed by atoms with Crippen LogP contribution in [0.2, 0.25) is 5.02 Å². The number of hydrogen-bond acceptors (Lipinski definition) is 4. The molecule has 1 amide bonds. The van der Waals surface area contributed by atoms with Gasteiger partial charge in [-0.2, -0.15) is 0 Å². The third-order valence-corrected chi connectivity index (χ3v) is 4.02. The predicted octanol–water partition coefficient (Wildman–Crippen LogP) is 4.29. The maximum atomic E-state index is 12.3. The van der Waals surface area contributed by atoms with Crippen molar-refractivity contribution < 1.29 is 19.1 Å². The second-order valence-corrected chi connectivity index (χ2v) is 6.54. The van der Waals surface area contributed by atoms with Crippen molar-refractivity contribution >= 4 is 29.2 Å². The number of rotatable bonds is 6. The Hall–Kier alpha value is -2.53. The SMILES string of the molecule is Cc1ccc(OC(C)C(=O)OC(C)C(=O)Nc2cc(Cl)ccc2C)cc1. The van der Waals surface area contributed by atoms with E-state index in [0.29, 0.717) is 16.5 Å². The number of anilines is 1. The first-order valence-corrected chi connectivity index (χ1v) is 8.65. The molecule has 0 spiro atoms. The van der Waals surface area contributed by atoms with Crippen LogP contribution < -0.4 is 10.1 Å². The van der Waals surface area contributed by atoms with Gasteiger partial charge in [-0.05, 0) is 57.5 Å². The van der Waals surface area contributed by atoms with Gasteiger partial charge in [0.25, 0.3) is 5.91 Å². The van der Waals surface area contributed by atoms with Crippen LogP contribution in [0.5, 0.6) is 5.75 Å². The number of ether oxygens (including phenoxy) is 2. The Kier molecular flexibility index (Phi) is 6.64. The molecule has 0 radical (unpaired) electrons. The van der Waals surface area contributed by atoms with Crippen molar-refractivity contribution in [1.82, 2.24) is 0 Å². The second-order valence-electron chi connectivity index (χ2n) is 6.10. The third-order valence-electron chi connectivity index (χ3n) is 3.79. The van der Waals surface area contributed by atoms with Gasteiger partial charge in [-0.3, -0.25) is 4.79 Å². The molecule has 5 nitrogen and oxygen atoms in total. The number of aryl methyl sites for hydroxylation is 2. The van der Waals surface area contributed by atoms with E-state index < -0.39 is 24.1 Å². The molecule has 2 aromatic carbocycles. The molecule has 2 atom stereocenters. The summed E-state index contributed by atoms with van der Waals surface area (Å²) in [7, 11) is 0. The molecule has 0 fully saturated rings. The van der Waals surface area contributed by atoms with Gasteiger partial charge in [-0.15, -0.1) is 0 Å². The fourth-order valence-electron chi connectivity index (χ4n) is 2.16. The summed E-state index contributed by atoms with van der Waals surface area (Å²) in [4.78, 5) is 24.4. The van der Waals surface area contributed by atoms with Crippen LogP contribution in [0.15, 0.2) is 42.5 Å². The van der Waals surface area contributed by atoms with Crippen molar-refractivity contribution in [2.24, 2.45) is 0 Å². The van der Waals surface area contributed by atoms with E-state index in [-0.39, 0.29) is 0 Å². The van der Waals surface area contributed by atoms with E-state index in [2.05, 4.69) is 5.32 Å². The Balaban J connectivity index is 1.91. The van der Waals surface area contributed by atoms with Crippen LogP contribution in [0, 0.1) is 13.8 Å². The van der Waals surface area contributed by atoms with E-state index in [1.165, 1.54) is 6.92 Å². The van der Waals surface area contributed by atoms with E-state index >= 15 is 0 Å². The fraction of sp³-hybridized carbons (Fsp3) is 0.300. The van der Waals surface area contributed by atoms with Gasteiger partial charge >= 0.3 is 5.97 Å². The zero-order valence-electron chi connectivity index (χ0n) is 15.2. The lowest BCUT2D eigenvalue weighted by Crippen LogP contribution is -2.35. The molecular weight excluding hydrogens is 354 g/mol. The molecule has 0 saturated heterocycles. The van der Waals surface area contributed by atoms with Crippen LogP contribution in [0.1, 0.15) is 25.0 Å². The van der Waals surface area contributed by atoms with Gasteiger partial charge in [-0.1, -0.05) is 35.4 Å². The molecule has 138 valence electrons. The minimum absolute atomic E-state index is 0.439. The number of hydrogen-bond donors (Lipinski definition) is 1. The summed E-state index contributed by atoms with van der Waals surface area (Å²) < 4.78 is 10.7. The molecule has 2 rings (SSSR count). The first kappa shape index (κ1) is 19.8. The average molecular weight is 376 g/mol. The van der Waals surface area contributed by atoms with Gasteiger partial charge in [0, 0.05) is 10.7 Å². The highest BCUT2D eigenvalue weighted by Crippen LogP contribution is 2.20. The number of halogens is 1. The van der Waals surface area contributed by atoms with Crippen molar-refractivity contribution in [1.29, 1.82) is 0 Å². The number of nitrogens with one attached hydrogen (secondary N) is 1. The Morgan fingerprint density at radius 1 is 1.00 bits per heavy atom. The lowest BCUT2D eigenvalue weighted by Gasteiger charge is -2.18. The van der Waals surface area contributed by atoms with Crippen molar-refractivity contribution in [3.63, 3.8) is 0 Å². The van der Waals surface area contributed by atoms with E-state index in [1.807, 2.05) is 26.0 Å². The Morgan fingerprint density at radius 2 is 1.65 bits per heavy atom. The van der Waals surface area contributed by atoms with Gasteiger partial charge in [0.1, 0.15) is 5.75 Å². The molecule has 26 heavy (non-hydrogen) atoms. The maximum Gasteiger partial charge on any atom is 0.347 e. The predicted molar refractivity (Wildman–Crippen MR) is 102 cm³/mol. The molecule has 0 aromatic heterocycles. The summed E-state index contributed by atoms with van der Waals surface area (Å²) >= 11 is 5.94. The van der Waals surface area contributed by atoms with Gasteiger partial charge in [0.15, 0.2) is 12.2 Å². The summed E-state index contributed by atoms with van der Waals surface area (Å²) in [5.74, 6) is -0.492. The minimum atomic E-state index is -0.968. The number of benzene rings is 2. The average Bonchev–Trinajstić information content (AvgIpc) is 2.59. The normalized spacial score (nSPS) is 12.8. The van der Waals surface area contributed by atoms with Crippen LogP contribution in [0.25, 0.3) is 0 Å². The molecule has 0 aliphatic rings. The zero-order chi connectivity index (χ0) is 19.3. The Bertz CT molecular complexity index is 789. The second kappa shape index (κ2) is 8.72. The standard InChI is InChI=1S/C20H22ClNO4/c1-12-5-9-17(10-6-12)25-15(4)20(24)26-14(3)19(23)22-18-11-16(21)8-7-13(18)2/h5-11,14-15H,1-4H3,(H,22,23). The molecular formula is C20H22ClNO4. The van der Waals surface area contributed by atoms with E-state index in [9.17, 15) is 9.59 Å². The monoisotopic (exact) mass is 375 g/mol. The molecule has 1 N–H and O–H groups in total. The first-order chi connectivity index (χ1) is 12.3. The van der Waals surface area contributed by atoms with Gasteiger partial charge < -0.3 is 14.8 Å². The summed E-state index contributed by atoms with van der Waals surface area (Å²) in [6.45, 7) is 6.89. The van der Waals surface area contributed by atoms with Crippen LogP contribution in [-0.4, -0.2) is 24.1 Å². The number of carbonyl (C=O) groups excluding carboxylic acids is 2. The molecule has 0 heterocycles. The van der Waals surface area contributed by atoms with Gasteiger partial charge in [0.05, 0.1) is 0 Å². The van der Waals surface area contributed by atoms with Crippen LogP contribution in [0.4, 0.5) is 5.69 Å². The largest absolute Gasteiger partial charge is 0.479 e. The van der Waals surface area contributed by atoms with E-state index in [0.717, 1.165) is 11.1 Å². The molecule has 0 saturated carbocycles. The highest BCUT2D eigenvalue weighted by Gasteiger charge is 2.23. The van der Waals surface area contributed by atoms with Gasteiger partial charge in [0.2, 0.25) is 0 Å². The topological polar surface area (TPSA) is 64.6 Å².